The number of methoxy groups -OCH3 is 1. The van der Waals surface area contributed by atoms with E-state index in [1.807, 2.05) is 72.1 Å². The Bertz CT molecular complexity index is 1340. The van der Waals surface area contributed by atoms with Crippen molar-refractivity contribution in [2.45, 2.75) is 32.4 Å². The first-order valence-corrected chi connectivity index (χ1v) is 11.7. The van der Waals surface area contributed by atoms with Gasteiger partial charge in [-0.15, -0.1) is 0 Å². The van der Waals surface area contributed by atoms with Gasteiger partial charge in [0, 0.05) is 32.4 Å². The van der Waals surface area contributed by atoms with Gasteiger partial charge in [-0.1, -0.05) is 29.4 Å². The Labute approximate surface area is 204 Å². The van der Waals surface area contributed by atoms with Crippen molar-refractivity contribution in [3.63, 3.8) is 0 Å². The molecule has 1 atom stereocenters. The number of amidine groups is 1. The lowest BCUT2D eigenvalue weighted by atomic mass is 9.91. The van der Waals surface area contributed by atoms with Gasteiger partial charge in [0.05, 0.1) is 30.4 Å². The molecule has 1 fully saturated rings. The Morgan fingerprint density at radius 1 is 1.26 bits per heavy atom. The summed E-state index contributed by atoms with van der Waals surface area (Å²) in [6.45, 7) is 4.19. The van der Waals surface area contributed by atoms with E-state index in [0.717, 1.165) is 52.4 Å². The van der Waals surface area contributed by atoms with E-state index in [9.17, 15) is 4.79 Å². The number of fused-ring (bicyclic) bond motifs is 1. The van der Waals surface area contributed by atoms with E-state index in [1.54, 1.807) is 20.4 Å². The molecule has 2 aromatic carbocycles. The average molecular weight is 472 g/mol. The van der Waals surface area contributed by atoms with E-state index in [0.29, 0.717) is 12.4 Å². The number of ketones is 1. The molecule has 8 nitrogen and oxygen atoms in total. The van der Waals surface area contributed by atoms with Crippen LogP contribution in [0.4, 0.5) is 5.69 Å². The molecule has 0 spiro atoms. The van der Waals surface area contributed by atoms with Crippen molar-refractivity contribution in [2.75, 3.05) is 26.0 Å². The molecule has 0 amide bonds. The van der Waals surface area contributed by atoms with Crippen LogP contribution in [0.5, 0.6) is 5.75 Å². The smallest absolute Gasteiger partial charge is 0.297 e. The molecule has 1 aromatic heterocycles. The van der Waals surface area contributed by atoms with Crippen LogP contribution in [-0.4, -0.2) is 46.8 Å². The fraction of sp³-hybridized carbons (Fsp3) is 0.296. The van der Waals surface area contributed by atoms with E-state index in [4.69, 9.17) is 9.57 Å². The van der Waals surface area contributed by atoms with Crippen molar-refractivity contribution < 1.29 is 14.4 Å². The van der Waals surface area contributed by atoms with E-state index in [-0.39, 0.29) is 5.78 Å². The zero-order valence-corrected chi connectivity index (χ0v) is 20.4. The Kier molecular flexibility index (Phi) is 5.80. The number of rotatable bonds is 6. The van der Waals surface area contributed by atoms with Crippen LogP contribution < -0.4 is 10.1 Å². The number of nitrogens with one attached hydrogen (secondary N) is 1. The minimum absolute atomic E-state index is 0.109. The number of ether oxygens (including phenoxy) is 1. The average Bonchev–Trinajstić information content (AvgIpc) is 3.49. The van der Waals surface area contributed by atoms with Crippen LogP contribution in [0.2, 0.25) is 0 Å². The number of hydrogen-bond donors (Lipinski definition) is 1. The third-order valence-electron chi connectivity index (χ3n) is 6.59. The highest BCUT2D eigenvalue weighted by Gasteiger charge is 2.54. The van der Waals surface area contributed by atoms with E-state index >= 15 is 0 Å². The van der Waals surface area contributed by atoms with Gasteiger partial charge in [0.25, 0.3) is 5.72 Å². The third-order valence-corrected chi connectivity index (χ3v) is 6.59. The Morgan fingerprint density at radius 2 is 2.09 bits per heavy atom. The number of imidazole rings is 1. The summed E-state index contributed by atoms with van der Waals surface area (Å²) in [7, 11) is 3.50. The zero-order valence-electron chi connectivity index (χ0n) is 20.4. The Balaban J connectivity index is 1.52. The number of aromatic nitrogens is 2. The molecule has 0 radical (unpaired) electrons. The number of carbonyl (C=O) groups is 1. The summed E-state index contributed by atoms with van der Waals surface area (Å²) >= 11 is 0. The number of oxime groups is 1. The summed E-state index contributed by atoms with van der Waals surface area (Å²) in [5.41, 5.74) is 4.18. The van der Waals surface area contributed by atoms with Crippen molar-refractivity contribution in [2.24, 2.45) is 5.16 Å². The molecule has 1 saturated heterocycles. The third kappa shape index (κ3) is 3.75. The van der Waals surface area contributed by atoms with Crippen LogP contribution in [0.15, 0.2) is 65.7 Å². The molecular formula is C27H29N5O3. The van der Waals surface area contributed by atoms with Crippen LogP contribution in [0, 0.1) is 6.92 Å². The number of hydrogen-bond acceptors (Lipinski definition) is 7. The molecule has 0 aliphatic carbocycles. The second-order valence-electron chi connectivity index (χ2n) is 8.78. The molecule has 35 heavy (non-hydrogen) atoms. The minimum atomic E-state index is -1.28. The summed E-state index contributed by atoms with van der Waals surface area (Å²) in [6.07, 6.45) is 7.56. The molecule has 180 valence electrons. The van der Waals surface area contributed by atoms with Crippen LogP contribution in [-0.2, 0) is 15.4 Å². The van der Waals surface area contributed by atoms with E-state index in [2.05, 4.69) is 21.5 Å². The predicted molar refractivity (Wildman–Crippen MR) is 136 cm³/mol. The number of aryl methyl sites for hydroxylation is 1. The summed E-state index contributed by atoms with van der Waals surface area (Å²) in [6, 6.07) is 13.8. The lowest BCUT2D eigenvalue weighted by Gasteiger charge is -2.39. The van der Waals surface area contributed by atoms with Crippen molar-refractivity contribution in [1.29, 1.82) is 0 Å². The van der Waals surface area contributed by atoms with Gasteiger partial charge < -0.3 is 24.4 Å². The maximum Gasteiger partial charge on any atom is 0.297 e. The van der Waals surface area contributed by atoms with Crippen molar-refractivity contribution >= 4 is 23.4 Å². The standard InChI is InChI=1S/C27H29N5O3/c1-18-16-31(17-29-18)24-12-11-20(15-25(24)34-4)14-21-8-7-13-32-26(21)30-35-27(32,19(2)33)22-9-5-6-10-23(22)28-3/h5-6,9-12,14-17,28H,7-8,13H2,1-4H3. The summed E-state index contributed by atoms with van der Waals surface area (Å²) in [5.74, 6) is 1.34. The van der Waals surface area contributed by atoms with Gasteiger partial charge in [-0.05, 0) is 55.2 Å². The molecule has 2 aliphatic rings. The molecule has 8 heteroatoms. The molecule has 0 saturated carbocycles. The molecule has 1 unspecified atom stereocenters. The van der Waals surface area contributed by atoms with Crippen molar-refractivity contribution in [3.05, 3.63) is 77.4 Å². The number of piperidine rings is 1. The molecule has 3 heterocycles. The van der Waals surface area contributed by atoms with Crippen LogP contribution in [0.25, 0.3) is 11.8 Å². The molecule has 1 N–H and O–H groups in total. The molecule has 5 rings (SSSR count). The van der Waals surface area contributed by atoms with Gasteiger partial charge in [0.2, 0.25) is 5.78 Å². The van der Waals surface area contributed by atoms with Crippen molar-refractivity contribution in [1.82, 2.24) is 14.5 Å². The Morgan fingerprint density at radius 3 is 2.80 bits per heavy atom. The quantitative estimate of drug-likeness (QED) is 0.570. The lowest BCUT2D eigenvalue weighted by Crippen LogP contribution is -2.53. The highest BCUT2D eigenvalue weighted by molar-refractivity contribution is 6.07. The fourth-order valence-electron chi connectivity index (χ4n) is 4.92. The first kappa shape index (κ1) is 22.7. The van der Waals surface area contributed by atoms with Gasteiger partial charge in [-0.2, -0.15) is 0 Å². The minimum Gasteiger partial charge on any atom is -0.495 e. The monoisotopic (exact) mass is 471 g/mol. The van der Waals surface area contributed by atoms with E-state index in [1.165, 1.54) is 0 Å². The first-order valence-electron chi connectivity index (χ1n) is 11.7. The number of para-hydroxylation sites is 1. The first-order chi connectivity index (χ1) is 17.0. The highest BCUT2D eigenvalue weighted by Crippen LogP contribution is 2.43. The molecule has 0 bridgehead atoms. The van der Waals surface area contributed by atoms with E-state index < -0.39 is 5.72 Å². The van der Waals surface area contributed by atoms with Gasteiger partial charge >= 0.3 is 0 Å². The van der Waals surface area contributed by atoms with Gasteiger partial charge in [-0.3, -0.25) is 4.79 Å². The van der Waals surface area contributed by atoms with Crippen LogP contribution in [0.3, 0.4) is 0 Å². The maximum absolute atomic E-state index is 13.1. The topological polar surface area (TPSA) is 81.0 Å². The normalized spacial score (nSPS) is 20.3. The van der Waals surface area contributed by atoms with Crippen LogP contribution >= 0.6 is 0 Å². The second kappa shape index (κ2) is 8.94. The number of carbonyl (C=O) groups excluding carboxylic acids is 1. The highest BCUT2D eigenvalue weighted by atomic mass is 16.7. The lowest BCUT2D eigenvalue weighted by molar-refractivity contribution is -0.158. The summed E-state index contributed by atoms with van der Waals surface area (Å²) in [5, 5.41) is 7.64. The Hall–Kier alpha value is -4.07. The predicted octanol–water partition coefficient (Wildman–Crippen LogP) is 4.50. The SMILES string of the molecule is CNc1ccccc1C1(C(C)=O)ON=C2C(=Cc3ccc(-n4cnc(C)c4)c(OC)c3)CCCN21. The fourth-order valence-corrected chi connectivity index (χ4v) is 4.92. The second-order valence-corrected chi connectivity index (χ2v) is 8.78. The van der Waals surface area contributed by atoms with Gasteiger partial charge in [0.1, 0.15) is 5.75 Å². The summed E-state index contributed by atoms with van der Waals surface area (Å²) < 4.78 is 7.63. The zero-order chi connectivity index (χ0) is 24.6. The number of anilines is 1. The number of Topliss-reactive ketones (excluding diaryl/α,β-unsaturated/α-hetero) is 1. The maximum atomic E-state index is 13.1. The number of benzene rings is 2. The molecule has 3 aromatic rings. The largest absolute Gasteiger partial charge is 0.495 e. The van der Waals surface area contributed by atoms with Gasteiger partial charge in [0.15, 0.2) is 5.84 Å². The van der Waals surface area contributed by atoms with Crippen LogP contribution in [0.1, 0.15) is 36.6 Å². The molecular weight excluding hydrogens is 442 g/mol. The van der Waals surface area contributed by atoms with Crippen molar-refractivity contribution in [3.8, 4) is 11.4 Å². The number of nitrogens with zero attached hydrogens (tertiary/aromatic N) is 4. The summed E-state index contributed by atoms with van der Waals surface area (Å²) in [4.78, 5) is 25.4. The van der Waals surface area contributed by atoms with Gasteiger partial charge in [-0.25, -0.2) is 4.98 Å². The molecule has 2 aliphatic heterocycles.